The molecule has 2 aliphatic heterocycles. The van der Waals surface area contributed by atoms with Gasteiger partial charge < -0.3 is 10.1 Å². The number of rotatable bonds is 4. The Labute approximate surface area is 104 Å². The molecule has 100 valence electrons. The summed E-state index contributed by atoms with van der Waals surface area (Å²) in [7, 11) is -1.42. The van der Waals surface area contributed by atoms with Crippen molar-refractivity contribution >= 4 is 10.0 Å². The number of nitrogens with zero attached hydrogens (tertiary/aromatic N) is 1. The molecule has 2 unspecified atom stereocenters. The predicted molar refractivity (Wildman–Crippen MR) is 66.4 cm³/mol. The van der Waals surface area contributed by atoms with E-state index in [1.54, 1.807) is 11.4 Å². The van der Waals surface area contributed by atoms with Gasteiger partial charge in [0.15, 0.2) is 0 Å². The van der Waals surface area contributed by atoms with E-state index in [0.29, 0.717) is 32.2 Å². The van der Waals surface area contributed by atoms with Crippen LogP contribution in [0, 0.1) is 5.92 Å². The van der Waals surface area contributed by atoms with Crippen molar-refractivity contribution < 1.29 is 13.2 Å². The second-order valence-corrected chi connectivity index (χ2v) is 7.19. The fourth-order valence-electron chi connectivity index (χ4n) is 2.72. The number of piperidine rings is 1. The molecule has 6 heteroatoms. The zero-order chi connectivity index (χ0) is 12.3. The molecule has 0 aromatic carbocycles. The lowest BCUT2D eigenvalue weighted by atomic mass is 10.0. The minimum absolute atomic E-state index is 0.219. The fourth-order valence-corrected chi connectivity index (χ4v) is 4.69. The molecule has 2 rings (SSSR count). The summed E-state index contributed by atoms with van der Waals surface area (Å²) < 4.78 is 31.6. The van der Waals surface area contributed by atoms with Gasteiger partial charge in [-0.3, -0.25) is 0 Å². The van der Waals surface area contributed by atoms with E-state index in [9.17, 15) is 8.42 Å². The highest BCUT2D eigenvalue weighted by Crippen LogP contribution is 2.23. The topological polar surface area (TPSA) is 58.6 Å². The van der Waals surface area contributed by atoms with Crippen molar-refractivity contribution in [2.45, 2.75) is 24.5 Å². The van der Waals surface area contributed by atoms with Crippen LogP contribution in [0.4, 0.5) is 0 Å². The number of hydrogen-bond acceptors (Lipinski definition) is 4. The van der Waals surface area contributed by atoms with Gasteiger partial charge in [0, 0.05) is 26.7 Å². The minimum atomic E-state index is -3.10. The fraction of sp³-hybridized carbons (Fsp3) is 1.00. The third kappa shape index (κ3) is 2.99. The lowest BCUT2D eigenvalue weighted by Gasteiger charge is -2.33. The maximum Gasteiger partial charge on any atom is 0.218 e. The highest BCUT2D eigenvalue weighted by molar-refractivity contribution is 7.89. The van der Waals surface area contributed by atoms with E-state index >= 15 is 0 Å². The molecule has 0 radical (unpaired) electrons. The number of sulfonamides is 1. The molecular formula is C11H22N2O3S. The van der Waals surface area contributed by atoms with Gasteiger partial charge >= 0.3 is 0 Å². The molecule has 17 heavy (non-hydrogen) atoms. The van der Waals surface area contributed by atoms with Crippen molar-refractivity contribution in [3.8, 4) is 0 Å². The van der Waals surface area contributed by atoms with Crippen LogP contribution in [0.5, 0.6) is 0 Å². The largest absolute Gasteiger partial charge is 0.384 e. The van der Waals surface area contributed by atoms with Crippen molar-refractivity contribution in [1.82, 2.24) is 9.62 Å². The first-order valence-corrected chi connectivity index (χ1v) is 7.83. The second-order valence-electron chi connectivity index (χ2n) is 4.98. The number of ether oxygens (including phenoxy) is 1. The van der Waals surface area contributed by atoms with Crippen molar-refractivity contribution in [2.75, 3.05) is 39.9 Å². The maximum absolute atomic E-state index is 12.4. The van der Waals surface area contributed by atoms with E-state index in [1.807, 2.05) is 0 Å². The molecule has 0 saturated carbocycles. The minimum Gasteiger partial charge on any atom is -0.384 e. The van der Waals surface area contributed by atoms with Gasteiger partial charge in [0.25, 0.3) is 0 Å². The van der Waals surface area contributed by atoms with Gasteiger partial charge in [-0.15, -0.1) is 0 Å². The molecule has 5 nitrogen and oxygen atoms in total. The monoisotopic (exact) mass is 262 g/mol. The summed E-state index contributed by atoms with van der Waals surface area (Å²) >= 11 is 0. The summed E-state index contributed by atoms with van der Waals surface area (Å²) in [6.07, 6.45) is 2.77. The van der Waals surface area contributed by atoms with E-state index in [2.05, 4.69) is 5.32 Å². The average molecular weight is 262 g/mol. The Morgan fingerprint density at radius 3 is 2.88 bits per heavy atom. The molecule has 2 aliphatic rings. The van der Waals surface area contributed by atoms with Crippen LogP contribution >= 0.6 is 0 Å². The Morgan fingerprint density at radius 1 is 1.41 bits per heavy atom. The highest BCUT2D eigenvalue weighted by Gasteiger charge is 2.36. The van der Waals surface area contributed by atoms with Crippen LogP contribution in [0.1, 0.15) is 19.3 Å². The highest BCUT2D eigenvalue weighted by atomic mass is 32.2. The molecule has 2 saturated heterocycles. The number of methoxy groups -OCH3 is 1. The Kier molecular flexibility index (Phi) is 4.41. The van der Waals surface area contributed by atoms with Crippen molar-refractivity contribution in [1.29, 1.82) is 0 Å². The van der Waals surface area contributed by atoms with Gasteiger partial charge in [0.2, 0.25) is 10.0 Å². The van der Waals surface area contributed by atoms with Crippen LogP contribution in [0.15, 0.2) is 0 Å². The van der Waals surface area contributed by atoms with Gasteiger partial charge in [0.1, 0.15) is 0 Å². The van der Waals surface area contributed by atoms with Crippen LogP contribution in [0.25, 0.3) is 0 Å². The first-order chi connectivity index (χ1) is 8.14. The van der Waals surface area contributed by atoms with Crippen molar-refractivity contribution in [2.24, 2.45) is 5.92 Å². The van der Waals surface area contributed by atoms with Gasteiger partial charge in [0.05, 0.1) is 11.9 Å². The molecule has 2 atom stereocenters. The Balaban J connectivity index is 2.00. The summed E-state index contributed by atoms with van der Waals surface area (Å²) in [5.74, 6) is 0.359. The first-order valence-electron chi connectivity index (χ1n) is 6.33. The van der Waals surface area contributed by atoms with Crippen LogP contribution in [-0.2, 0) is 14.8 Å². The summed E-state index contributed by atoms with van der Waals surface area (Å²) in [4.78, 5) is 0. The molecule has 0 amide bonds. The molecule has 0 bridgehead atoms. The number of hydrogen-bond donors (Lipinski definition) is 1. The van der Waals surface area contributed by atoms with E-state index < -0.39 is 10.0 Å². The van der Waals surface area contributed by atoms with Crippen LogP contribution in [0.3, 0.4) is 0 Å². The van der Waals surface area contributed by atoms with Crippen LogP contribution in [0.2, 0.25) is 0 Å². The molecule has 0 aliphatic carbocycles. The summed E-state index contributed by atoms with van der Waals surface area (Å²) in [6.45, 7) is 3.40. The molecule has 2 fully saturated rings. The Bertz CT molecular complexity index is 337. The normalized spacial score (nSPS) is 31.8. The molecular weight excluding hydrogens is 240 g/mol. The molecule has 0 spiro atoms. The number of nitrogens with one attached hydrogen (secondary N) is 1. The van der Waals surface area contributed by atoms with Crippen molar-refractivity contribution in [3.63, 3.8) is 0 Å². The summed E-state index contributed by atoms with van der Waals surface area (Å²) in [6, 6.07) is 0. The van der Waals surface area contributed by atoms with Crippen LogP contribution < -0.4 is 5.32 Å². The molecule has 1 N–H and O–H groups in total. The SMILES string of the molecule is COCC1CCCN(S(=O)(=O)C2CCNC2)C1. The van der Waals surface area contributed by atoms with E-state index in [4.69, 9.17) is 4.74 Å². The molecule has 2 heterocycles. The standard InChI is InChI=1S/C11H22N2O3S/c1-16-9-10-3-2-6-13(8-10)17(14,15)11-4-5-12-7-11/h10-12H,2-9H2,1H3. The quantitative estimate of drug-likeness (QED) is 0.777. The van der Waals surface area contributed by atoms with Gasteiger partial charge in [-0.1, -0.05) is 0 Å². The van der Waals surface area contributed by atoms with Gasteiger partial charge in [-0.05, 0) is 31.7 Å². The zero-order valence-electron chi connectivity index (χ0n) is 10.4. The van der Waals surface area contributed by atoms with Crippen molar-refractivity contribution in [3.05, 3.63) is 0 Å². The lowest BCUT2D eigenvalue weighted by molar-refractivity contribution is 0.118. The molecule has 0 aromatic heterocycles. The van der Waals surface area contributed by atoms with E-state index in [-0.39, 0.29) is 5.25 Å². The maximum atomic E-state index is 12.4. The van der Waals surface area contributed by atoms with Gasteiger partial charge in [-0.2, -0.15) is 0 Å². The van der Waals surface area contributed by atoms with E-state index in [0.717, 1.165) is 25.8 Å². The smallest absolute Gasteiger partial charge is 0.218 e. The average Bonchev–Trinajstić information content (AvgIpc) is 2.84. The summed E-state index contributed by atoms with van der Waals surface area (Å²) in [5.41, 5.74) is 0. The second kappa shape index (κ2) is 5.65. The van der Waals surface area contributed by atoms with Crippen LogP contribution in [-0.4, -0.2) is 57.9 Å². The third-order valence-corrected chi connectivity index (χ3v) is 5.98. The van der Waals surface area contributed by atoms with Gasteiger partial charge in [-0.25, -0.2) is 12.7 Å². The Hall–Kier alpha value is -0.170. The first kappa shape index (κ1) is 13.3. The predicted octanol–water partition coefficient (Wildman–Crippen LogP) is 0.0365. The zero-order valence-corrected chi connectivity index (χ0v) is 11.2. The Morgan fingerprint density at radius 2 is 2.24 bits per heavy atom. The van der Waals surface area contributed by atoms with E-state index in [1.165, 1.54) is 0 Å². The summed E-state index contributed by atoms with van der Waals surface area (Å²) in [5, 5.41) is 2.90. The third-order valence-electron chi connectivity index (χ3n) is 3.68. The lowest BCUT2D eigenvalue weighted by Crippen LogP contribution is -2.45. The molecule has 0 aromatic rings.